The van der Waals surface area contributed by atoms with E-state index in [4.69, 9.17) is 5.73 Å². The minimum atomic E-state index is -0.419. The predicted octanol–water partition coefficient (Wildman–Crippen LogP) is 2.44. The number of aromatic nitrogens is 1. The first-order valence-corrected chi connectivity index (χ1v) is 9.25. The van der Waals surface area contributed by atoms with Crippen molar-refractivity contribution in [1.29, 1.82) is 0 Å². The zero-order valence-corrected chi connectivity index (χ0v) is 14.6. The van der Waals surface area contributed by atoms with Gasteiger partial charge in [-0.1, -0.05) is 0 Å². The smallest absolute Gasteiger partial charge is 0.260 e. The number of nitrogens with zero attached hydrogens (tertiary/aromatic N) is 3. The summed E-state index contributed by atoms with van der Waals surface area (Å²) in [5, 5.41) is 0.834. The van der Waals surface area contributed by atoms with Gasteiger partial charge in [-0.3, -0.25) is 4.79 Å². The van der Waals surface area contributed by atoms with Crippen molar-refractivity contribution < 1.29 is 4.79 Å². The Kier molecular flexibility index (Phi) is 4.02. The summed E-state index contributed by atoms with van der Waals surface area (Å²) in [4.78, 5) is 21.0. The summed E-state index contributed by atoms with van der Waals surface area (Å²) in [5.41, 5.74) is 7.57. The summed E-state index contributed by atoms with van der Waals surface area (Å²) >= 11 is 1.34. The molecule has 6 heteroatoms. The number of piperidine rings is 3. The highest BCUT2D eigenvalue weighted by molar-refractivity contribution is 7.16. The molecule has 1 aromatic carbocycles. The molecule has 2 N–H and O–H groups in total. The topological polar surface area (TPSA) is 62.5 Å². The van der Waals surface area contributed by atoms with Crippen molar-refractivity contribution in [2.24, 2.45) is 11.7 Å². The Labute approximate surface area is 146 Å². The number of fused-ring (bicyclic) bond motifs is 3. The van der Waals surface area contributed by atoms with Gasteiger partial charge in [-0.2, -0.15) is 0 Å². The number of anilines is 1. The Morgan fingerprint density at radius 2 is 2.00 bits per heavy atom. The Balaban J connectivity index is 1.51. The maximum absolute atomic E-state index is 11.2. The molecule has 1 aromatic heterocycles. The number of carbonyl (C=O) groups is 1. The summed E-state index contributed by atoms with van der Waals surface area (Å²) in [5.74, 6) is 0.397. The van der Waals surface area contributed by atoms with Crippen molar-refractivity contribution in [1.82, 2.24) is 9.88 Å². The molecule has 0 aliphatic carbocycles. The van der Waals surface area contributed by atoms with Crippen LogP contribution in [0.4, 0.5) is 5.69 Å². The molecule has 0 unspecified atom stereocenters. The third-order valence-electron chi connectivity index (χ3n) is 5.39. The second-order valence-corrected chi connectivity index (χ2v) is 7.79. The third kappa shape index (κ3) is 2.80. The number of benzene rings is 1. The fourth-order valence-electron chi connectivity index (χ4n) is 3.92. The van der Waals surface area contributed by atoms with Gasteiger partial charge >= 0.3 is 0 Å². The van der Waals surface area contributed by atoms with E-state index >= 15 is 0 Å². The number of amides is 1. The van der Waals surface area contributed by atoms with Crippen molar-refractivity contribution in [2.45, 2.75) is 18.9 Å². The van der Waals surface area contributed by atoms with Crippen LogP contribution >= 0.6 is 11.3 Å². The second kappa shape index (κ2) is 6.18. The molecule has 4 heterocycles. The molecule has 126 valence electrons. The number of nitrogens with two attached hydrogens (primary N) is 1. The lowest BCUT2D eigenvalue weighted by Gasteiger charge is -2.48. The van der Waals surface area contributed by atoms with E-state index in [2.05, 4.69) is 46.1 Å². The molecule has 5 nitrogen and oxygen atoms in total. The maximum Gasteiger partial charge on any atom is 0.260 e. The van der Waals surface area contributed by atoms with Crippen LogP contribution in [-0.4, -0.2) is 48.5 Å². The fraction of sp³-hybridized carbons (Fsp3) is 0.444. The van der Waals surface area contributed by atoms with Gasteiger partial charge < -0.3 is 15.5 Å². The van der Waals surface area contributed by atoms with Crippen LogP contribution in [0.15, 0.2) is 30.5 Å². The van der Waals surface area contributed by atoms with Crippen LogP contribution in [0.2, 0.25) is 0 Å². The molecule has 3 fully saturated rings. The lowest BCUT2D eigenvalue weighted by molar-refractivity contribution is 0.0874. The quantitative estimate of drug-likeness (QED) is 0.927. The van der Waals surface area contributed by atoms with Crippen molar-refractivity contribution in [3.63, 3.8) is 0 Å². The molecule has 2 aromatic rings. The van der Waals surface area contributed by atoms with Crippen molar-refractivity contribution >= 4 is 22.9 Å². The number of likely N-dealkylation sites (N-methyl/N-ethyl adjacent to an activating group) is 1. The largest absolute Gasteiger partial charge is 0.370 e. The number of hydrogen-bond acceptors (Lipinski definition) is 5. The first-order chi connectivity index (χ1) is 11.6. The van der Waals surface area contributed by atoms with Crippen LogP contribution in [0.5, 0.6) is 0 Å². The maximum atomic E-state index is 11.2. The molecular weight excluding hydrogens is 320 g/mol. The summed E-state index contributed by atoms with van der Waals surface area (Å²) in [7, 11) is 2.20. The number of carbonyl (C=O) groups excluding carboxylic acids is 1. The van der Waals surface area contributed by atoms with Crippen LogP contribution in [0.1, 0.15) is 22.5 Å². The molecule has 0 saturated carbocycles. The fourth-order valence-corrected chi connectivity index (χ4v) is 4.70. The van der Waals surface area contributed by atoms with E-state index in [-0.39, 0.29) is 0 Å². The molecule has 3 aliphatic heterocycles. The molecule has 24 heavy (non-hydrogen) atoms. The first-order valence-electron chi connectivity index (χ1n) is 8.43. The normalized spacial score (nSPS) is 25.6. The number of primary amides is 1. The molecule has 2 bridgehead atoms. The van der Waals surface area contributed by atoms with Gasteiger partial charge in [0.25, 0.3) is 5.91 Å². The number of rotatable bonds is 4. The molecular formula is C18H22N4OS. The van der Waals surface area contributed by atoms with Crippen molar-refractivity contribution in [2.75, 3.05) is 31.6 Å². The summed E-state index contributed by atoms with van der Waals surface area (Å²) in [6.07, 6.45) is 4.19. The number of hydrogen-bond donors (Lipinski definition) is 1. The predicted molar refractivity (Wildman–Crippen MR) is 97.4 cm³/mol. The lowest BCUT2D eigenvalue weighted by atomic mass is 9.83. The van der Waals surface area contributed by atoms with Crippen molar-refractivity contribution in [3.8, 4) is 10.6 Å². The van der Waals surface area contributed by atoms with E-state index in [1.54, 1.807) is 6.20 Å². The van der Waals surface area contributed by atoms with Gasteiger partial charge in [0.15, 0.2) is 0 Å². The minimum Gasteiger partial charge on any atom is -0.370 e. The molecule has 0 radical (unpaired) electrons. The van der Waals surface area contributed by atoms with Gasteiger partial charge in [0.1, 0.15) is 9.88 Å². The Hall–Kier alpha value is -1.92. The van der Waals surface area contributed by atoms with Gasteiger partial charge in [0, 0.05) is 30.9 Å². The minimum absolute atomic E-state index is 0.419. The lowest BCUT2D eigenvalue weighted by Crippen LogP contribution is -2.56. The van der Waals surface area contributed by atoms with Gasteiger partial charge in [0.05, 0.1) is 6.20 Å². The first kappa shape index (κ1) is 15.6. The van der Waals surface area contributed by atoms with Crippen LogP contribution in [0.3, 0.4) is 0 Å². The van der Waals surface area contributed by atoms with E-state index in [0.29, 0.717) is 10.9 Å². The van der Waals surface area contributed by atoms with Crippen LogP contribution in [-0.2, 0) is 0 Å². The van der Waals surface area contributed by atoms with Gasteiger partial charge in [0.2, 0.25) is 0 Å². The highest BCUT2D eigenvalue weighted by atomic mass is 32.1. The van der Waals surface area contributed by atoms with Gasteiger partial charge in [-0.05, 0) is 56.1 Å². The molecule has 0 spiro atoms. The zero-order chi connectivity index (χ0) is 16.7. The van der Waals surface area contributed by atoms with E-state index in [1.807, 2.05) is 0 Å². The Morgan fingerprint density at radius 1 is 1.29 bits per heavy atom. The molecule has 5 rings (SSSR count). The van der Waals surface area contributed by atoms with E-state index in [9.17, 15) is 4.79 Å². The van der Waals surface area contributed by atoms with Gasteiger partial charge in [-0.15, -0.1) is 11.3 Å². The monoisotopic (exact) mass is 342 g/mol. The Bertz CT molecular complexity index is 734. The Morgan fingerprint density at radius 3 is 2.54 bits per heavy atom. The van der Waals surface area contributed by atoms with Crippen LogP contribution in [0, 0.1) is 5.92 Å². The van der Waals surface area contributed by atoms with Crippen molar-refractivity contribution in [3.05, 3.63) is 35.3 Å². The summed E-state index contributed by atoms with van der Waals surface area (Å²) in [6.45, 7) is 3.71. The highest BCUT2D eigenvalue weighted by Gasteiger charge is 2.36. The highest BCUT2D eigenvalue weighted by Crippen LogP contribution is 2.33. The van der Waals surface area contributed by atoms with E-state index < -0.39 is 5.91 Å². The number of thiazole rings is 1. The molecule has 3 saturated heterocycles. The average molecular weight is 342 g/mol. The van der Waals surface area contributed by atoms with Crippen LogP contribution in [0.25, 0.3) is 10.6 Å². The van der Waals surface area contributed by atoms with Gasteiger partial charge in [-0.25, -0.2) is 4.98 Å². The van der Waals surface area contributed by atoms with E-state index in [1.165, 1.54) is 49.5 Å². The average Bonchev–Trinajstić information content (AvgIpc) is 3.13. The summed E-state index contributed by atoms with van der Waals surface area (Å²) < 4.78 is 0. The molecule has 3 aliphatic rings. The van der Waals surface area contributed by atoms with Crippen LogP contribution < -0.4 is 10.6 Å². The molecule has 1 atom stereocenters. The van der Waals surface area contributed by atoms with E-state index in [0.717, 1.165) is 16.5 Å². The third-order valence-corrected chi connectivity index (χ3v) is 6.45. The SMILES string of the molecule is CN(c1ccc(-c2ncc(C(N)=O)s2)cc1)[C@H]1CN2CCC1CC2. The summed E-state index contributed by atoms with van der Waals surface area (Å²) in [6, 6.07) is 9.07. The molecule has 1 amide bonds. The zero-order valence-electron chi connectivity index (χ0n) is 13.8. The standard InChI is InChI=1S/C18H22N4OS/c1-21(15-11-22-8-6-12(15)7-9-22)14-4-2-13(3-5-14)18-20-10-16(24-18)17(19)23/h2-5,10,12,15H,6-9,11H2,1H3,(H2,19,23)/t15-/m0/s1. The second-order valence-electron chi connectivity index (χ2n) is 6.76.